The molecule has 31 heavy (non-hydrogen) atoms. The number of hydrogen-bond acceptors (Lipinski definition) is 4. The highest BCUT2D eigenvalue weighted by molar-refractivity contribution is 5.93. The summed E-state index contributed by atoms with van der Waals surface area (Å²) in [4.78, 5) is 16.4. The van der Waals surface area contributed by atoms with E-state index >= 15 is 0 Å². The third-order valence-electron chi connectivity index (χ3n) is 6.30. The lowest BCUT2D eigenvalue weighted by atomic mass is 10.1. The van der Waals surface area contributed by atoms with Gasteiger partial charge in [0.05, 0.1) is 21.3 Å². The number of hydrogen-bond donors (Lipinski definition) is 2. The highest BCUT2D eigenvalue weighted by atomic mass is 16.5. The minimum absolute atomic E-state index is 0.0151. The van der Waals surface area contributed by atoms with Crippen LogP contribution in [-0.2, 0) is 11.3 Å². The van der Waals surface area contributed by atoms with Gasteiger partial charge in [-0.2, -0.15) is 0 Å². The van der Waals surface area contributed by atoms with Crippen LogP contribution in [0.4, 0.5) is 11.4 Å². The van der Waals surface area contributed by atoms with E-state index in [0.29, 0.717) is 12.3 Å². The number of aryl methyl sites for hydroxylation is 1. The number of methoxy groups -OCH3 is 2. The van der Waals surface area contributed by atoms with E-state index in [1.54, 1.807) is 14.2 Å². The quantitative estimate of drug-likeness (QED) is 0.681. The van der Waals surface area contributed by atoms with Gasteiger partial charge in [0.1, 0.15) is 6.54 Å². The number of piperidine rings is 1. The summed E-state index contributed by atoms with van der Waals surface area (Å²) in [5.74, 6) is 1.45. The zero-order chi connectivity index (χ0) is 22.4. The van der Waals surface area contributed by atoms with Gasteiger partial charge < -0.3 is 24.6 Å². The zero-order valence-electron chi connectivity index (χ0n) is 19.5. The number of amides is 1. The number of quaternary nitrogens is 1. The number of rotatable bonds is 8. The summed E-state index contributed by atoms with van der Waals surface area (Å²) in [6.45, 7) is 6.97. The van der Waals surface area contributed by atoms with E-state index in [9.17, 15) is 4.79 Å². The summed E-state index contributed by atoms with van der Waals surface area (Å²) >= 11 is 0. The Kier molecular flexibility index (Phi) is 7.80. The fraction of sp³-hybridized carbons (Fsp3) is 0.480. The lowest BCUT2D eigenvalue weighted by Gasteiger charge is -2.29. The lowest BCUT2D eigenvalue weighted by Crippen LogP contribution is -3.12. The van der Waals surface area contributed by atoms with E-state index in [4.69, 9.17) is 9.47 Å². The fourth-order valence-electron chi connectivity index (χ4n) is 4.05. The van der Waals surface area contributed by atoms with Gasteiger partial charge >= 0.3 is 0 Å². The van der Waals surface area contributed by atoms with Crippen molar-refractivity contribution in [1.82, 2.24) is 0 Å². The first-order valence-electron chi connectivity index (χ1n) is 11.1. The number of anilines is 2. The van der Waals surface area contributed by atoms with Crippen molar-refractivity contribution in [2.24, 2.45) is 0 Å². The molecule has 1 fully saturated rings. The molecule has 2 N–H and O–H groups in total. The number of likely N-dealkylation sites (N-methyl/N-ethyl adjacent to an activating group) is 1. The summed E-state index contributed by atoms with van der Waals surface area (Å²) in [7, 11) is 5.32. The van der Waals surface area contributed by atoms with Gasteiger partial charge in [0.25, 0.3) is 5.91 Å². The summed E-state index contributed by atoms with van der Waals surface area (Å²) in [5, 5.41) is 3.07. The number of benzene rings is 2. The molecule has 1 heterocycles. The van der Waals surface area contributed by atoms with Gasteiger partial charge in [0.15, 0.2) is 17.5 Å². The van der Waals surface area contributed by atoms with Crippen molar-refractivity contribution < 1.29 is 19.2 Å². The van der Waals surface area contributed by atoms with Crippen LogP contribution >= 0.6 is 0 Å². The third-order valence-corrected chi connectivity index (χ3v) is 6.30. The average molecular weight is 427 g/mol. The van der Waals surface area contributed by atoms with Gasteiger partial charge in [-0.05, 0) is 75.1 Å². The predicted octanol–water partition coefficient (Wildman–Crippen LogP) is 3.04. The molecule has 6 nitrogen and oxygen atoms in total. The van der Waals surface area contributed by atoms with Crippen molar-refractivity contribution in [3.63, 3.8) is 0 Å². The molecular formula is C25H36N3O3+. The standard InChI is InChI=1S/C25H35N3O3/c1-18-15-23(30-4)24(31-5)16-20(18)17-27(3)19(2)25(29)26-21-9-11-22(12-10-21)28-13-7-6-8-14-28/h9-12,15-16,19H,6-8,13-14,17H2,1-5H3,(H,26,29)/p+1/t19-/m1/s1. The van der Waals surface area contributed by atoms with Crippen molar-refractivity contribution in [3.05, 3.63) is 47.5 Å². The Labute approximate surface area is 186 Å². The Morgan fingerprint density at radius 2 is 1.68 bits per heavy atom. The summed E-state index contributed by atoms with van der Waals surface area (Å²) in [6, 6.07) is 12.0. The Bertz CT molecular complexity index is 876. The fourth-order valence-corrected chi connectivity index (χ4v) is 4.05. The van der Waals surface area contributed by atoms with Gasteiger partial charge in [-0.25, -0.2) is 0 Å². The second kappa shape index (κ2) is 10.5. The smallest absolute Gasteiger partial charge is 0.282 e. The lowest BCUT2D eigenvalue weighted by molar-refractivity contribution is -0.907. The average Bonchev–Trinajstić information content (AvgIpc) is 2.80. The van der Waals surface area contributed by atoms with Gasteiger partial charge in [-0.1, -0.05) is 0 Å². The Balaban J connectivity index is 1.60. The molecule has 1 unspecified atom stereocenters. The van der Waals surface area contributed by atoms with Crippen LogP contribution in [0.25, 0.3) is 0 Å². The van der Waals surface area contributed by atoms with Crippen LogP contribution in [0.15, 0.2) is 36.4 Å². The molecular weight excluding hydrogens is 390 g/mol. The minimum Gasteiger partial charge on any atom is -0.493 e. The summed E-state index contributed by atoms with van der Waals surface area (Å²) in [5.41, 5.74) is 4.34. The highest BCUT2D eigenvalue weighted by Gasteiger charge is 2.23. The monoisotopic (exact) mass is 426 g/mol. The van der Waals surface area contributed by atoms with E-state index in [-0.39, 0.29) is 11.9 Å². The van der Waals surface area contributed by atoms with Crippen LogP contribution in [0, 0.1) is 6.92 Å². The van der Waals surface area contributed by atoms with Crippen LogP contribution in [0.1, 0.15) is 37.3 Å². The molecule has 168 valence electrons. The first-order chi connectivity index (χ1) is 14.9. The van der Waals surface area contributed by atoms with Crippen LogP contribution in [0.5, 0.6) is 11.5 Å². The second-order valence-electron chi connectivity index (χ2n) is 8.46. The van der Waals surface area contributed by atoms with Gasteiger partial charge in [-0.3, -0.25) is 4.79 Å². The van der Waals surface area contributed by atoms with Gasteiger partial charge in [-0.15, -0.1) is 0 Å². The first-order valence-corrected chi connectivity index (χ1v) is 11.1. The maximum absolute atomic E-state index is 12.9. The topological polar surface area (TPSA) is 55.2 Å². The van der Waals surface area contributed by atoms with Crippen molar-refractivity contribution in [1.29, 1.82) is 0 Å². The van der Waals surface area contributed by atoms with Crippen molar-refractivity contribution in [2.75, 3.05) is 44.6 Å². The number of carbonyl (C=O) groups is 1. The largest absolute Gasteiger partial charge is 0.493 e. The van der Waals surface area contributed by atoms with Gasteiger partial charge in [0, 0.05) is 30.0 Å². The van der Waals surface area contributed by atoms with Crippen LogP contribution in [0.2, 0.25) is 0 Å². The zero-order valence-corrected chi connectivity index (χ0v) is 19.5. The van der Waals surface area contributed by atoms with E-state index in [2.05, 4.69) is 29.3 Å². The number of nitrogens with zero attached hydrogens (tertiary/aromatic N) is 1. The predicted molar refractivity (Wildman–Crippen MR) is 125 cm³/mol. The maximum Gasteiger partial charge on any atom is 0.282 e. The third kappa shape index (κ3) is 5.70. The molecule has 6 heteroatoms. The molecule has 0 spiro atoms. The molecule has 1 saturated heterocycles. The number of carbonyl (C=O) groups excluding carboxylic acids is 1. The van der Waals surface area contributed by atoms with E-state index in [1.807, 2.05) is 38.2 Å². The normalized spacial score (nSPS) is 15.8. The Morgan fingerprint density at radius 3 is 2.29 bits per heavy atom. The number of nitrogens with one attached hydrogen (secondary N) is 2. The van der Waals surface area contributed by atoms with Gasteiger partial charge in [0.2, 0.25) is 0 Å². The molecule has 2 atom stereocenters. The molecule has 1 aliphatic rings. The molecule has 1 aliphatic heterocycles. The van der Waals surface area contributed by atoms with Crippen molar-refractivity contribution >= 4 is 17.3 Å². The molecule has 2 aromatic rings. The van der Waals surface area contributed by atoms with Crippen LogP contribution < -0.4 is 24.6 Å². The van der Waals surface area contributed by atoms with Crippen molar-refractivity contribution in [2.45, 2.75) is 45.7 Å². The van der Waals surface area contributed by atoms with E-state index < -0.39 is 0 Å². The molecule has 3 rings (SSSR count). The molecule has 2 aromatic carbocycles. The molecule has 0 aliphatic carbocycles. The summed E-state index contributed by atoms with van der Waals surface area (Å²) in [6.07, 6.45) is 3.83. The number of ether oxygens (including phenoxy) is 2. The molecule has 0 radical (unpaired) electrons. The van der Waals surface area contributed by atoms with Crippen molar-refractivity contribution in [3.8, 4) is 11.5 Å². The summed E-state index contributed by atoms with van der Waals surface area (Å²) < 4.78 is 10.8. The minimum atomic E-state index is -0.200. The first kappa shape index (κ1) is 22.9. The van der Waals surface area contributed by atoms with Crippen LogP contribution in [0.3, 0.4) is 0 Å². The molecule has 1 amide bonds. The highest BCUT2D eigenvalue weighted by Crippen LogP contribution is 2.30. The molecule has 0 bridgehead atoms. The Morgan fingerprint density at radius 1 is 1.06 bits per heavy atom. The second-order valence-corrected chi connectivity index (χ2v) is 8.46. The molecule has 0 aromatic heterocycles. The SMILES string of the molecule is COc1cc(C)c(C[NH+](C)[C@H](C)C(=O)Nc2ccc(N3CCCCC3)cc2)cc1OC. The molecule has 0 saturated carbocycles. The maximum atomic E-state index is 12.9. The Hall–Kier alpha value is -2.73. The van der Waals surface area contributed by atoms with E-state index in [0.717, 1.165) is 40.6 Å². The van der Waals surface area contributed by atoms with Crippen LogP contribution in [-0.4, -0.2) is 46.3 Å². The van der Waals surface area contributed by atoms with E-state index in [1.165, 1.54) is 24.9 Å².